The molecule has 1 aromatic heterocycles. The van der Waals surface area contributed by atoms with Gasteiger partial charge in [0.2, 0.25) is 0 Å². The van der Waals surface area contributed by atoms with E-state index in [0.717, 1.165) is 10.8 Å². The van der Waals surface area contributed by atoms with Crippen molar-refractivity contribution >= 4 is 51.9 Å². The van der Waals surface area contributed by atoms with Gasteiger partial charge in [-0.25, -0.2) is 14.6 Å². The second-order valence-electron chi connectivity index (χ2n) is 9.48. The summed E-state index contributed by atoms with van der Waals surface area (Å²) in [5.74, 6) is 0.367. The van der Waals surface area contributed by atoms with Gasteiger partial charge in [0.1, 0.15) is 12.4 Å². The molecular weight excluding hydrogens is 515 g/mol. The molecule has 0 aliphatic rings. The molecule has 0 aliphatic carbocycles. The number of aliphatic hydroxyl groups is 1. The lowest BCUT2D eigenvalue weighted by Crippen LogP contribution is -2.46. The Morgan fingerprint density at radius 3 is 2.59 bits per heavy atom. The molecule has 0 saturated heterocycles. The van der Waals surface area contributed by atoms with Crippen molar-refractivity contribution in [2.75, 3.05) is 19.0 Å². The van der Waals surface area contributed by atoms with E-state index in [9.17, 15) is 14.7 Å². The molecule has 3 rings (SSSR count). The van der Waals surface area contributed by atoms with Crippen molar-refractivity contribution in [3.63, 3.8) is 0 Å². The quantitative estimate of drug-likeness (QED) is 0.279. The first kappa shape index (κ1) is 28.5. The van der Waals surface area contributed by atoms with Gasteiger partial charge >= 0.3 is 12.1 Å². The van der Waals surface area contributed by atoms with Crippen molar-refractivity contribution in [2.24, 2.45) is 0 Å². The van der Waals surface area contributed by atoms with Crippen molar-refractivity contribution in [3.05, 3.63) is 70.3 Å². The minimum atomic E-state index is -0.839. The number of hydrogen-bond donors (Lipinski definition) is 3. The number of amides is 3. The third-order valence-corrected chi connectivity index (χ3v) is 6.78. The largest absolute Gasteiger partial charge is 0.447 e. The van der Waals surface area contributed by atoms with E-state index in [1.807, 2.05) is 24.3 Å². The molecule has 1 atom stereocenters. The van der Waals surface area contributed by atoms with Crippen molar-refractivity contribution < 1.29 is 19.4 Å². The summed E-state index contributed by atoms with van der Waals surface area (Å²) in [7, 11) is 1.63. The first-order valence-corrected chi connectivity index (χ1v) is 12.7. The second-order valence-corrected chi connectivity index (χ2v) is 10.3. The summed E-state index contributed by atoms with van der Waals surface area (Å²) in [5, 5.41) is 18.2. The molecule has 0 aliphatic heterocycles. The Hall–Kier alpha value is -3.07. The summed E-state index contributed by atoms with van der Waals surface area (Å²) < 4.78 is 5.46. The zero-order valence-electron chi connectivity index (χ0n) is 21.1. The van der Waals surface area contributed by atoms with E-state index in [1.165, 1.54) is 4.90 Å². The van der Waals surface area contributed by atoms with Crippen LogP contribution in [0.1, 0.15) is 38.7 Å². The van der Waals surface area contributed by atoms with Crippen LogP contribution in [-0.2, 0) is 11.3 Å². The number of likely N-dealkylation sites (N-methyl/N-ethyl adjacent to an activating group) is 1. The number of hydrogen-bond acceptors (Lipinski definition) is 5. The number of fused-ring (bicyclic) bond motifs is 1. The van der Waals surface area contributed by atoms with Gasteiger partial charge in [-0.1, -0.05) is 59.6 Å². The lowest BCUT2D eigenvalue weighted by atomic mass is 9.99. The molecule has 37 heavy (non-hydrogen) atoms. The number of ether oxygens (including phenoxy) is 1. The summed E-state index contributed by atoms with van der Waals surface area (Å²) in [6.45, 7) is 3.61. The number of pyridine rings is 1. The highest BCUT2D eigenvalue weighted by molar-refractivity contribution is 6.42. The molecule has 1 heterocycles. The molecule has 3 N–H and O–H groups in total. The van der Waals surface area contributed by atoms with Crippen molar-refractivity contribution in [1.82, 2.24) is 15.2 Å². The lowest BCUT2D eigenvalue weighted by molar-refractivity contribution is 0.0625. The predicted molar refractivity (Wildman–Crippen MR) is 147 cm³/mol. The number of anilines is 1. The van der Waals surface area contributed by atoms with E-state index in [2.05, 4.69) is 15.6 Å². The lowest BCUT2D eigenvalue weighted by Gasteiger charge is -2.29. The molecule has 0 fully saturated rings. The van der Waals surface area contributed by atoms with E-state index < -0.39 is 17.7 Å². The number of carbonyl (C=O) groups excluding carboxylic acids is 2. The second kappa shape index (κ2) is 12.9. The molecule has 3 aromatic rings. The molecule has 0 unspecified atom stereocenters. The zero-order chi connectivity index (χ0) is 27.0. The summed E-state index contributed by atoms with van der Waals surface area (Å²) in [4.78, 5) is 31.1. The molecule has 0 saturated carbocycles. The fourth-order valence-corrected chi connectivity index (χ4v) is 4.16. The Morgan fingerprint density at radius 1 is 1.14 bits per heavy atom. The van der Waals surface area contributed by atoms with E-state index in [-0.39, 0.29) is 19.2 Å². The smallest absolute Gasteiger partial charge is 0.412 e. The predicted octanol–water partition coefficient (Wildman–Crippen LogP) is 6.24. The molecule has 2 aromatic carbocycles. The van der Waals surface area contributed by atoms with Crippen LogP contribution in [0.2, 0.25) is 10.0 Å². The van der Waals surface area contributed by atoms with Crippen LogP contribution in [-0.4, -0.2) is 52.4 Å². The van der Waals surface area contributed by atoms with Gasteiger partial charge in [-0.3, -0.25) is 5.32 Å². The van der Waals surface area contributed by atoms with Crippen LogP contribution in [0.25, 0.3) is 10.8 Å². The summed E-state index contributed by atoms with van der Waals surface area (Å²) in [5.41, 5.74) is -0.151. The summed E-state index contributed by atoms with van der Waals surface area (Å²) in [6.07, 6.45) is 2.69. The van der Waals surface area contributed by atoms with Gasteiger partial charge in [0.15, 0.2) is 0 Å². The first-order valence-electron chi connectivity index (χ1n) is 12.0. The molecule has 198 valence electrons. The summed E-state index contributed by atoms with van der Waals surface area (Å²) in [6, 6.07) is 13.9. The molecule has 0 radical (unpaired) electrons. The van der Waals surface area contributed by atoms with E-state index in [0.29, 0.717) is 40.7 Å². The van der Waals surface area contributed by atoms with Gasteiger partial charge < -0.3 is 20.1 Å². The zero-order valence-corrected chi connectivity index (χ0v) is 22.6. The number of nitrogens with zero attached hydrogens (tertiary/aromatic N) is 2. The van der Waals surface area contributed by atoms with Crippen LogP contribution in [0.3, 0.4) is 0 Å². The number of halogens is 2. The van der Waals surface area contributed by atoms with Gasteiger partial charge in [-0.15, -0.1) is 0 Å². The number of urea groups is 1. The molecule has 10 heteroatoms. The van der Waals surface area contributed by atoms with Crippen LogP contribution in [0, 0.1) is 0 Å². The SMILES string of the molecule is CN(C(=O)NCc1cccc(Cl)c1Cl)[C@@H](CCCC(C)(C)O)COC(=O)Nc1cc2ccccc2cn1. The first-order chi connectivity index (χ1) is 17.5. The normalized spacial score (nSPS) is 12.2. The molecular formula is C27H32Cl2N4O4. The Kier molecular flexibility index (Phi) is 9.97. The Morgan fingerprint density at radius 2 is 1.86 bits per heavy atom. The van der Waals surface area contributed by atoms with Crippen molar-refractivity contribution in [2.45, 2.75) is 51.3 Å². The molecule has 0 spiro atoms. The number of benzene rings is 2. The van der Waals surface area contributed by atoms with Crippen LogP contribution >= 0.6 is 23.2 Å². The number of carbonyl (C=O) groups is 2. The fourth-order valence-electron chi connectivity index (χ4n) is 3.77. The minimum Gasteiger partial charge on any atom is -0.447 e. The van der Waals surface area contributed by atoms with Crippen LogP contribution < -0.4 is 10.6 Å². The Balaban J connectivity index is 1.60. The van der Waals surface area contributed by atoms with Crippen LogP contribution in [0.15, 0.2) is 54.7 Å². The maximum Gasteiger partial charge on any atom is 0.412 e. The third-order valence-electron chi connectivity index (χ3n) is 5.92. The van der Waals surface area contributed by atoms with E-state index in [1.54, 1.807) is 51.4 Å². The average molecular weight is 547 g/mol. The maximum atomic E-state index is 12.9. The van der Waals surface area contributed by atoms with Gasteiger partial charge in [-0.05, 0) is 56.2 Å². The molecule has 3 amide bonds. The molecule has 0 bridgehead atoms. The van der Waals surface area contributed by atoms with E-state index >= 15 is 0 Å². The Bertz CT molecular complexity index is 1230. The highest BCUT2D eigenvalue weighted by atomic mass is 35.5. The van der Waals surface area contributed by atoms with E-state index in [4.69, 9.17) is 27.9 Å². The van der Waals surface area contributed by atoms with Gasteiger partial charge in [0, 0.05) is 25.2 Å². The monoisotopic (exact) mass is 546 g/mol. The van der Waals surface area contributed by atoms with Crippen molar-refractivity contribution in [3.8, 4) is 0 Å². The Labute approximate surface area is 226 Å². The maximum absolute atomic E-state index is 12.9. The van der Waals surface area contributed by atoms with Crippen molar-refractivity contribution in [1.29, 1.82) is 0 Å². The van der Waals surface area contributed by atoms with Gasteiger partial charge in [0.25, 0.3) is 0 Å². The van der Waals surface area contributed by atoms with Gasteiger partial charge in [0.05, 0.1) is 21.7 Å². The highest BCUT2D eigenvalue weighted by Gasteiger charge is 2.23. The number of nitrogens with one attached hydrogen (secondary N) is 2. The number of aromatic nitrogens is 1. The average Bonchev–Trinajstić information content (AvgIpc) is 2.85. The summed E-state index contributed by atoms with van der Waals surface area (Å²) >= 11 is 12.3. The standard InChI is InChI=1S/C27H32Cl2N4O4/c1-27(2,36)13-7-11-21(33(3)25(34)31-16-20-10-6-12-22(28)24(20)29)17-37-26(35)32-23-14-18-8-4-5-9-19(18)15-30-23/h4-6,8-10,12,14-15,21,36H,7,11,13,16-17H2,1-3H3,(H,31,34)(H,30,32,35)/t21-/m0/s1. The fraction of sp³-hybridized carbons (Fsp3) is 0.370. The van der Waals surface area contributed by atoms with Gasteiger partial charge in [-0.2, -0.15) is 0 Å². The molecule has 8 nitrogen and oxygen atoms in total. The van der Waals surface area contributed by atoms with Crippen LogP contribution in [0.5, 0.6) is 0 Å². The minimum absolute atomic E-state index is 0.0346. The number of rotatable bonds is 10. The third kappa shape index (κ3) is 8.77. The topological polar surface area (TPSA) is 104 Å². The highest BCUT2D eigenvalue weighted by Crippen LogP contribution is 2.25. The van der Waals surface area contributed by atoms with Crippen LogP contribution in [0.4, 0.5) is 15.4 Å².